The van der Waals surface area contributed by atoms with Crippen LogP contribution in [-0.4, -0.2) is 18.5 Å². The maximum Gasteiger partial charge on any atom is 0.338 e. The van der Waals surface area contributed by atoms with Gasteiger partial charge >= 0.3 is 5.97 Å². The summed E-state index contributed by atoms with van der Waals surface area (Å²) in [4.78, 5) is 23.9. The van der Waals surface area contributed by atoms with Crippen LogP contribution < -0.4 is 10.6 Å². The van der Waals surface area contributed by atoms with Gasteiger partial charge in [0.2, 0.25) is 0 Å². The molecule has 0 unspecified atom stereocenters. The second kappa shape index (κ2) is 9.40. The van der Waals surface area contributed by atoms with E-state index in [9.17, 15) is 14.9 Å². The van der Waals surface area contributed by atoms with Gasteiger partial charge in [0.1, 0.15) is 17.7 Å². The van der Waals surface area contributed by atoms with Crippen LogP contribution in [0, 0.1) is 22.7 Å². The summed E-state index contributed by atoms with van der Waals surface area (Å²) in [6.07, 6.45) is 1.23. The Hall–Kier alpha value is -4.10. The summed E-state index contributed by atoms with van der Waals surface area (Å²) < 4.78 is 4.89. The Morgan fingerprint density at radius 2 is 1.81 bits per heavy atom. The summed E-state index contributed by atoms with van der Waals surface area (Å²) in [5.41, 5.74) is 1.49. The molecule has 0 saturated heterocycles. The summed E-state index contributed by atoms with van der Waals surface area (Å²) in [6.45, 7) is 1.99. The molecule has 27 heavy (non-hydrogen) atoms. The van der Waals surface area contributed by atoms with Gasteiger partial charge in [-0.3, -0.25) is 4.79 Å². The molecule has 7 heteroatoms. The Kier molecular flexibility index (Phi) is 6.69. The van der Waals surface area contributed by atoms with Crippen molar-refractivity contribution >= 4 is 23.3 Å². The third-order valence-electron chi connectivity index (χ3n) is 3.44. The summed E-state index contributed by atoms with van der Waals surface area (Å²) in [6, 6.07) is 16.7. The third-order valence-corrected chi connectivity index (χ3v) is 3.44. The van der Waals surface area contributed by atoms with Crippen LogP contribution in [0.4, 0.5) is 11.4 Å². The summed E-state index contributed by atoms with van der Waals surface area (Å²) in [5.74, 6) is -1.07. The first-order valence-electron chi connectivity index (χ1n) is 8.03. The van der Waals surface area contributed by atoms with Crippen LogP contribution in [0.1, 0.15) is 22.8 Å². The van der Waals surface area contributed by atoms with Crippen LogP contribution in [0.3, 0.4) is 0 Å². The monoisotopic (exact) mass is 360 g/mol. The molecule has 2 aromatic carbocycles. The van der Waals surface area contributed by atoms with Gasteiger partial charge in [0.25, 0.3) is 5.91 Å². The molecule has 7 nitrogen and oxygen atoms in total. The zero-order valence-corrected chi connectivity index (χ0v) is 14.5. The van der Waals surface area contributed by atoms with E-state index in [0.29, 0.717) is 22.5 Å². The number of amides is 1. The summed E-state index contributed by atoms with van der Waals surface area (Å²) in [5, 5.41) is 23.6. The average molecular weight is 360 g/mol. The molecule has 0 aliphatic carbocycles. The number of hydrogen-bond donors (Lipinski definition) is 2. The predicted octanol–water partition coefficient (Wildman–Crippen LogP) is 3.19. The fraction of sp³-hybridized carbons (Fsp3) is 0.100. The number of hydrogen-bond acceptors (Lipinski definition) is 6. The second-order valence-corrected chi connectivity index (χ2v) is 5.22. The summed E-state index contributed by atoms with van der Waals surface area (Å²) in [7, 11) is 0. The second-order valence-electron chi connectivity index (χ2n) is 5.22. The SMILES string of the molecule is CCOC(=O)c1ccc(NC(=O)/C(C#N)=C\Nc2ccccc2C#N)cc1. The number of benzene rings is 2. The Morgan fingerprint density at radius 3 is 2.44 bits per heavy atom. The van der Waals surface area contributed by atoms with Crippen LogP contribution in [0.15, 0.2) is 60.3 Å². The largest absolute Gasteiger partial charge is 0.462 e. The van der Waals surface area contributed by atoms with Crippen molar-refractivity contribution in [1.82, 2.24) is 0 Å². The van der Waals surface area contributed by atoms with E-state index >= 15 is 0 Å². The quantitative estimate of drug-likeness (QED) is 0.464. The fourth-order valence-corrected chi connectivity index (χ4v) is 2.11. The van der Waals surface area contributed by atoms with Gasteiger partial charge in [0.15, 0.2) is 0 Å². The molecule has 0 aliphatic heterocycles. The van der Waals surface area contributed by atoms with Gasteiger partial charge in [0, 0.05) is 11.9 Å². The molecule has 2 N–H and O–H groups in total. The number of anilines is 2. The average Bonchev–Trinajstić information content (AvgIpc) is 2.69. The van der Waals surface area contributed by atoms with Gasteiger partial charge in [0.05, 0.1) is 23.4 Å². The van der Waals surface area contributed by atoms with Crippen LogP contribution in [0.2, 0.25) is 0 Å². The molecule has 0 atom stereocenters. The lowest BCUT2D eigenvalue weighted by Gasteiger charge is -2.07. The maximum absolute atomic E-state index is 12.2. The standard InChI is InChI=1S/C20H16N4O3/c1-2-27-20(26)14-7-9-17(10-8-14)24-19(25)16(12-22)13-23-18-6-4-3-5-15(18)11-21/h3-10,13,23H,2H2,1H3,(H,24,25)/b16-13-. The van der Waals surface area contributed by atoms with Crippen LogP contribution in [0.25, 0.3) is 0 Å². The minimum atomic E-state index is -0.622. The number of nitrogens with one attached hydrogen (secondary N) is 2. The van der Waals surface area contributed by atoms with Gasteiger partial charge in [-0.15, -0.1) is 0 Å². The van der Waals surface area contributed by atoms with Gasteiger partial charge in [-0.05, 0) is 43.3 Å². The maximum atomic E-state index is 12.2. The number of nitriles is 2. The third kappa shape index (κ3) is 5.18. The highest BCUT2D eigenvalue weighted by atomic mass is 16.5. The van der Waals surface area contributed by atoms with E-state index in [1.807, 2.05) is 6.07 Å². The van der Waals surface area contributed by atoms with Crippen molar-refractivity contribution < 1.29 is 14.3 Å². The lowest BCUT2D eigenvalue weighted by molar-refractivity contribution is -0.112. The molecular weight excluding hydrogens is 344 g/mol. The number of esters is 1. The lowest BCUT2D eigenvalue weighted by atomic mass is 10.2. The molecule has 0 aliphatic rings. The molecule has 0 heterocycles. The van der Waals surface area contributed by atoms with Crippen molar-refractivity contribution in [2.75, 3.05) is 17.2 Å². The highest BCUT2D eigenvalue weighted by Gasteiger charge is 2.11. The van der Waals surface area contributed by atoms with Gasteiger partial charge in [-0.1, -0.05) is 12.1 Å². The first-order chi connectivity index (χ1) is 13.1. The van der Waals surface area contributed by atoms with Crippen molar-refractivity contribution in [2.24, 2.45) is 0 Å². The lowest BCUT2D eigenvalue weighted by Crippen LogP contribution is -2.15. The highest BCUT2D eigenvalue weighted by molar-refractivity contribution is 6.07. The molecule has 134 valence electrons. The Labute approximate surface area is 156 Å². The number of carbonyl (C=O) groups is 2. The first kappa shape index (κ1) is 19.2. The molecule has 0 fully saturated rings. The number of para-hydroxylation sites is 1. The van der Waals surface area contributed by atoms with E-state index in [1.165, 1.54) is 30.5 Å². The molecule has 1 amide bonds. The molecule has 2 rings (SSSR count). The molecule has 0 spiro atoms. The van der Waals surface area contributed by atoms with E-state index in [2.05, 4.69) is 10.6 Å². The molecular formula is C20H16N4O3. The predicted molar refractivity (Wildman–Crippen MR) is 99.5 cm³/mol. The van der Waals surface area contributed by atoms with Gasteiger partial charge < -0.3 is 15.4 Å². The van der Waals surface area contributed by atoms with E-state index in [-0.39, 0.29) is 12.2 Å². The van der Waals surface area contributed by atoms with Crippen molar-refractivity contribution in [1.29, 1.82) is 10.5 Å². The van der Waals surface area contributed by atoms with Gasteiger partial charge in [-0.2, -0.15) is 10.5 Å². The smallest absolute Gasteiger partial charge is 0.338 e. The first-order valence-corrected chi connectivity index (χ1v) is 8.03. The number of rotatable bonds is 6. The van der Waals surface area contributed by atoms with Gasteiger partial charge in [-0.25, -0.2) is 4.79 Å². The van der Waals surface area contributed by atoms with Crippen molar-refractivity contribution in [2.45, 2.75) is 6.92 Å². The minimum Gasteiger partial charge on any atom is -0.462 e. The normalized spacial score (nSPS) is 10.3. The summed E-state index contributed by atoms with van der Waals surface area (Å²) >= 11 is 0. The fourth-order valence-electron chi connectivity index (χ4n) is 2.11. The molecule has 0 aromatic heterocycles. The van der Waals surface area contributed by atoms with E-state index in [1.54, 1.807) is 37.3 Å². The Bertz CT molecular complexity index is 950. The highest BCUT2D eigenvalue weighted by Crippen LogP contribution is 2.15. The van der Waals surface area contributed by atoms with Crippen LogP contribution in [-0.2, 0) is 9.53 Å². The van der Waals surface area contributed by atoms with Crippen molar-refractivity contribution in [3.8, 4) is 12.1 Å². The zero-order chi connectivity index (χ0) is 19.6. The number of ether oxygens (including phenoxy) is 1. The van der Waals surface area contributed by atoms with E-state index in [0.717, 1.165) is 0 Å². The Balaban J connectivity index is 2.08. The molecule has 2 aromatic rings. The van der Waals surface area contributed by atoms with E-state index in [4.69, 9.17) is 10.00 Å². The topological polar surface area (TPSA) is 115 Å². The molecule has 0 bridgehead atoms. The van der Waals surface area contributed by atoms with Crippen molar-refractivity contribution in [3.63, 3.8) is 0 Å². The minimum absolute atomic E-state index is 0.169. The van der Waals surface area contributed by atoms with Crippen LogP contribution >= 0.6 is 0 Å². The number of nitrogens with zero attached hydrogens (tertiary/aromatic N) is 2. The molecule has 0 radical (unpaired) electrons. The molecule has 0 saturated carbocycles. The van der Waals surface area contributed by atoms with E-state index < -0.39 is 11.9 Å². The zero-order valence-electron chi connectivity index (χ0n) is 14.5. The van der Waals surface area contributed by atoms with Crippen LogP contribution in [0.5, 0.6) is 0 Å². The van der Waals surface area contributed by atoms with Crippen molar-refractivity contribution in [3.05, 3.63) is 71.4 Å². The Morgan fingerprint density at radius 1 is 1.11 bits per heavy atom. The number of carbonyl (C=O) groups excluding carboxylic acids is 2.